The molecule has 0 aliphatic carbocycles. The number of fused-ring (bicyclic) bond motifs is 3. The summed E-state index contributed by atoms with van der Waals surface area (Å²) in [4.78, 5) is 28.9. The van der Waals surface area contributed by atoms with Gasteiger partial charge in [0.2, 0.25) is 5.78 Å². The molecule has 6 nitrogen and oxygen atoms in total. The Morgan fingerprint density at radius 2 is 1.23 bits per heavy atom. The van der Waals surface area contributed by atoms with E-state index < -0.39 is 7.37 Å². The predicted octanol–water partition coefficient (Wildman–Crippen LogP) is 10.4. The van der Waals surface area contributed by atoms with E-state index in [9.17, 15) is 14.2 Å². The number of rotatable bonds is 13. The highest BCUT2D eigenvalue weighted by Crippen LogP contribution is 2.45. The largest absolute Gasteiger partial charge is 0.341 e. The number of ketones is 2. The molecule has 6 aromatic carbocycles. The molecule has 0 saturated carbocycles. The van der Waals surface area contributed by atoms with Crippen molar-refractivity contribution in [2.45, 2.75) is 24.8 Å². The molecule has 0 saturated heterocycles. The minimum atomic E-state index is -3.71. The van der Waals surface area contributed by atoms with Gasteiger partial charge in [0.05, 0.1) is 10.6 Å². The number of carbonyl (C=O) groups excluding carboxylic acids is 2. The Kier molecular flexibility index (Phi) is 10.6. The molecule has 0 unspecified atom stereocenters. The van der Waals surface area contributed by atoms with Crippen molar-refractivity contribution in [3.05, 3.63) is 173 Å². The summed E-state index contributed by atoms with van der Waals surface area (Å²) in [5.41, 5.74) is 3.65. The Balaban J connectivity index is 1.28. The van der Waals surface area contributed by atoms with E-state index in [0.717, 1.165) is 26.7 Å². The van der Waals surface area contributed by atoms with Crippen LogP contribution in [0.5, 0.6) is 0 Å². The lowest BCUT2D eigenvalue weighted by atomic mass is 9.99. The van der Waals surface area contributed by atoms with Gasteiger partial charge in [-0.05, 0) is 91.9 Å². The van der Waals surface area contributed by atoms with Gasteiger partial charge in [-0.15, -0.1) is 11.8 Å². The Morgan fingerprint density at radius 3 is 1.81 bits per heavy atom. The number of benzene rings is 6. The number of oxime groups is 1. The van der Waals surface area contributed by atoms with Crippen molar-refractivity contribution in [3.8, 4) is 0 Å². The fraction of sp³-hybridized carbons (Fsp3) is 0.0930. The molecule has 1 aromatic heterocycles. The van der Waals surface area contributed by atoms with Crippen molar-refractivity contribution in [1.82, 2.24) is 4.57 Å². The summed E-state index contributed by atoms with van der Waals surface area (Å²) < 4.78 is 22.9. The van der Waals surface area contributed by atoms with Crippen LogP contribution in [0.2, 0.25) is 5.02 Å². The molecule has 7 aromatic rings. The van der Waals surface area contributed by atoms with E-state index in [-0.39, 0.29) is 23.7 Å². The van der Waals surface area contributed by atoms with Crippen LogP contribution in [0.15, 0.2) is 162 Å². The summed E-state index contributed by atoms with van der Waals surface area (Å²) >= 11 is 7.65. The molecule has 52 heavy (non-hydrogen) atoms. The molecule has 9 heteroatoms. The minimum absolute atomic E-state index is 0.0712. The second kappa shape index (κ2) is 15.6. The van der Waals surface area contributed by atoms with Gasteiger partial charge in [-0.2, -0.15) is 0 Å². The van der Waals surface area contributed by atoms with Crippen molar-refractivity contribution in [1.29, 1.82) is 0 Å². The third-order valence-corrected chi connectivity index (χ3v) is 12.4. The number of aromatic nitrogens is 1. The number of aryl methyl sites for hydroxylation is 1. The van der Waals surface area contributed by atoms with Crippen LogP contribution in [0.4, 0.5) is 0 Å². The maximum Gasteiger partial charge on any atom is 0.330 e. The van der Waals surface area contributed by atoms with Gasteiger partial charge in [0.25, 0.3) is 0 Å². The standard InChI is InChI=1S/C43H34ClN2O4PS/c1-2-46-40-24-18-31(42(47)30-12-6-3-7-13-30)28-37(40)38-29-32(19-25-41(38)46)43(48)39(26-27-52-36-22-20-33(44)21-23-36)45-50-51(49,34-14-8-4-9-15-34)35-16-10-5-11-17-35/h3-25,28-29H,2,26-27H2,1H3. The molecule has 0 atom stereocenters. The van der Waals surface area contributed by atoms with E-state index in [0.29, 0.717) is 44.6 Å². The van der Waals surface area contributed by atoms with Crippen molar-refractivity contribution in [2.75, 3.05) is 5.75 Å². The summed E-state index contributed by atoms with van der Waals surface area (Å²) in [5.74, 6) is 0.108. The second-order valence-electron chi connectivity index (χ2n) is 12.1. The first-order valence-corrected chi connectivity index (χ1v) is 19.9. The van der Waals surface area contributed by atoms with Crippen molar-refractivity contribution >= 4 is 80.4 Å². The molecular formula is C43H34ClN2O4PS. The molecule has 0 N–H and O–H groups in total. The highest BCUT2D eigenvalue weighted by molar-refractivity contribution is 7.99. The molecule has 0 spiro atoms. The SMILES string of the molecule is CCn1c2ccc(C(=O)C(CCSc3ccc(Cl)cc3)=NOP(=O)(c3ccccc3)c3ccccc3)cc2c2cc(C(=O)c3ccccc3)ccc21. The Morgan fingerprint density at radius 1 is 0.692 bits per heavy atom. The average molecular weight is 741 g/mol. The van der Waals surface area contributed by atoms with Crippen LogP contribution in [0.1, 0.15) is 39.6 Å². The molecule has 0 amide bonds. The van der Waals surface area contributed by atoms with Crippen LogP contribution in [-0.4, -0.2) is 27.6 Å². The van der Waals surface area contributed by atoms with Crippen LogP contribution < -0.4 is 10.6 Å². The molecule has 0 bridgehead atoms. The topological polar surface area (TPSA) is 77.7 Å². The highest BCUT2D eigenvalue weighted by Gasteiger charge is 2.31. The van der Waals surface area contributed by atoms with Gasteiger partial charge >= 0.3 is 7.37 Å². The van der Waals surface area contributed by atoms with Crippen molar-refractivity contribution in [2.24, 2.45) is 5.16 Å². The molecular weight excluding hydrogens is 707 g/mol. The van der Waals surface area contributed by atoms with Crippen LogP contribution in [0.25, 0.3) is 21.8 Å². The van der Waals surface area contributed by atoms with Gasteiger partial charge in [0.15, 0.2) is 5.78 Å². The Labute approximate surface area is 311 Å². The first-order valence-electron chi connectivity index (χ1n) is 16.9. The minimum Gasteiger partial charge on any atom is -0.341 e. The molecule has 0 aliphatic heterocycles. The number of thioether (sulfide) groups is 1. The zero-order valence-corrected chi connectivity index (χ0v) is 30.8. The third kappa shape index (κ3) is 7.26. The lowest BCUT2D eigenvalue weighted by Crippen LogP contribution is -2.20. The van der Waals surface area contributed by atoms with E-state index in [4.69, 9.17) is 16.2 Å². The molecule has 0 fully saturated rings. The lowest BCUT2D eigenvalue weighted by molar-refractivity contribution is 0.103. The number of nitrogens with zero attached hydrogens (tertiary/aromatic N) is 2. The molecule has 7 rings (SSSR count). The van der Waals surface area contributed by atoms with Gasteiger partial charge in [0.1, 0.15) is 5.71 Å². The zero-order chi connectivity index (χ0) is 36.1. The number of halogens is 1. The van der Waals surface area contributed by atoms with E-state index in [1.54, 1.807) is 78.5 Å². The first kappa shape index (κ1) is 35.2. The quantitative estimate of drug-likeness (QED) is 0.0387. The van der Waals surface area contributed by atoms with E-state index in [1.807, 2.05) is 84.9 Å². The molecule has 258 valence electrons. The fourth-order valence-corrected chi connectivity index (χ4v) is 9.06. The first-order chi connectivity index (χ1) is 25.4. The summed E-state index contributed by atoms with van der Waals surface area (Å²) in [6, 6.07) is 45.9. The fourth-order valence-electron chi connectivity index (χ4n) is 6.25. The third-order valence-electron chi connectivity index (χ3n) is 8.88. The highest BCUT2D eigenvalue weighted by atomic mass is 35.5. The zero-order valence-electron chi connectivity index (χ0n) is 28.3. The molecule has 1 heterocycles. The number of carbonyl (C=O) groups is 2. The van der Waals surface area contributed by atoms with Gasteiger partial charge in [-0.1, -0.05) is 83.5 Å². The Hall–Kier alpha value is -5.20. The van der Waals surface area contributed by atoms with Crippen LogP contribution in [-0.2, 0) is 15.7 Å². The maximum atomic E-state index is 14.7. The van der Waals surface area contributed by atoms with Crippen LogP contribution in [0.3, 0.4) is 0 Å². The van der Waals surface area contributed by atoms with Crippen molar-refractivity contribution < 1.29 is 18.8 Å². The summed E-state index contributed by atoms with van der Waals surface area (Å²) in [5, 5.41) is 7.74. The summed E-state index contributed by atoms with van der Waals surface area (Å²) in [6.07, 6.45) is 0.250. The van der Waals surface area contributed by atoms with Crippen LogP contribution in [0, 0.1) is 0 Å². The molecule has 0 radical (unpaired) electrons. The van der Waals surface area contributed by atoms with Crippen molar-refractivity contribution in [3.63, 3.8) is 0 Å². The lowest BCUT2D eigenvalue weighted by Gasteiger charge is -2.17. The summed E-state index contributed by atoms with van der Waals surface area (Å²) in [6.45, 7) is 2.77. The van der Waals surface area contributed by atoms with Crippen LogP contribution >= 0.6 is 30.7 Å². The monoisotopic (exact) mass is 740 g/mol. The van der Waals surface area contributed by atoms with Gasteiger partial charge in [-0.25, -0.2) is 0 Å². The normalized spacial score (nSPS) is 11.9. The number of Topliss-reactive ketones (excluding diaryl/α,β-unsaturated/α-hetero) is 1. The number of hydrogen-bond donors (Lipinski definition) is 0. The van der Waals surface area contributed by atoms with E-state index in [1.165, 1.54) is 0 Å². The van der Waals surface area contributed by atoms with Gasteiger partial charge in [0, 0.05) is 67.1 Å². The van der Waals surface area contributed by atoms with Gasteiger partial charge in [-0.3, -0.25) is 14.2 Å². The second-order valence-corrected chi connectivity index (χ2v) is 16.0. The average Bonchev–Trinajstić information content (AvgIpc) is 3.52. The summed E-state index contributed by atoms with van der Waals surface area (Å²) in [7, 11) is -3.71. The smallest absolute Gasteiger partial charge is 0.330 e. The van der Waals surface area contributed by atoms with E-state index in [2.05, 4.69) is 16.6 Å². The number of hydrogen-bond acceptors (Lipinski definition) is 6. The van der Waals surface area contributed by atoms with Gasteiger partial charge < -0.3 is 9.19 Å². The molecule has 0 aliphatic rings. The predicted molar refractivity (Wildman–Crippen MR) is 214 cm³/mol. The maximum absolute atomic E-state index is 14.7. The Bertz CT molecular complexity index is 2420. The van der Waals surface area contributed by atoms with E-state index >= 15 is 0 Å².